The normalized spacial score (nSPS) is 13.7. The average molecular weight is 420 g/mol. The van der Waals surface area contributed by atoms with Crippen LogP contribution in [0.1, 0.15) is 13.3 Å². The lowest BCUT2D eigenvalue weighted by molar-refractivity contribution is 0.383. The number of anilines is 1. The van der Waals surface area contributed by atoms with Gasteiger partial charge in [0.15, 0.2) is 5.82 Å². The van der Waals surface area contributed by atoms with Gasteiger partial charge in [-0.1, -0.05) is 18.5 Å². The molecule has 21 heavy (non-hydrogen) atoms. The van der Waals surface area contributed by atoms with Crippen LogP contribution in [0.5, 0.6) is 0 Å². The van der Waals surface area contributed by atoms with Gasteiger partial charge in [-0.2, -0.15) is 16.1 Å². The number of nitrogen functional groups attached to an aromatic ring is 1. The Balaban J connectivity index is 3.38. The van der Waals surface area contributed by atoms with Crippen LogP contribution >= 0.6 is 39.3 Å². The van der Waals surface area contributed by atoms with Crippen LogP contribution in [0.3, 0.4) is 0 Å². The summed E-state index contributed by atoms with van der Waals surface area (Å²) in [4.78, 5) is -0.504. The molecule has 0 heterocycles. The topological polar surface area (TPSA) is 63.4 Å². The highest BCUT2D eigenvalue weighted by Crippen LogP contribution is 2.36. The zero-order valence-corrected chi connectivity index (χ0v) is 15.8. The van der Waals surface area contributed by atoms with Gasteiger partial charge in [-0.05, 0) is 34.7 Å². The first-order valence-corrected chi connectivity index (χ1v) is 10.1. The van der Waals surface area contributed by atoms with Crippen molar-refractivity contribution in [2.24, 2.45) is 0 Å². The Kier molecular flexibility index (Phi) is 6.80. The van der Waals surface area contributed by atoms with E-state index in [9.17, 15) is 12.8 Å². The van der Waals surface area contributed by atoms with Crippen molar-refractivity contribution >= 4 is 55.0 Å². The van der Waals surface area contributed by atoms with E-state index in [1.807, 2.05) is 13.2 Å². The predicted molar refractivity (Wildman–Crippen MR) is 90.9 cm³/mol. The quantitative estimate of drug-likeness (QED) is 0.565. The van der Waals surface area contributed by atoms with Crippen LogP contribution in [-0.4, -0.2) is 37.8 Å². The van der Waals surface area contributed by atoms with Gasteiger partial charge in [0.25, 0.3) is 0 Å². The summed E-state index contributed by atoms with van der Waals surface area (Å²) in [6.07, 6.45) is 2.51. The Morgan fingerprint density at radius 2 is 2.14 bits per heavy atom. The molecule has 120 valence electrons. The minimum Gasteiger partial charge on any atom is -0.395 e. The smallest absolute Gasteiger partial charge is 0.246 e. The first kappa shape index (κ1) is 19.0. The first-order chi connectivity index (χ1) is 9.68. The van der Waals surface area contributed by atoms with Gasteiger partial charge in [0.05, 0.1) is 15.2 Å². The van der Waals surface area contributed by atoms with Crippen LogP contribution < -0.4 is 5.73 Å². The molecule has 0 fully saturated rings. The lowest BCUT2D eigenvalue weighted by Gasteiger charge is -2.26. The van der Waals surface area contributed by atoms with Gasteiger partial charge in [-0.25, -0.2) is 12.8 Å². The molecular weight excluding hydrogens is 403 g/mol. The molecule has 0 aliphatic heterocycles. The summed E-state index contributed by atoms with van der Waals surface area (Å²) >= 11 is 10.5. The van der Waals surface area contributed by atoms with Gasteiger partial charge in [-0.15, -0.1) is 0 Å². The van der Waals surface area contributed by atoms with E-state index in [-0.39, 0.29) is 21.2 Å². The zero-order chi connectivity index (χ0) is 16.4. The number of thioether (sulfide) groups is 1. The van der Waals surface area contributed by atoms with Crippen molar-refractivity contribution in [3.8, 4) is 0 Å². The van der Waals surface area contributed by atoms with Crippen molar-refractivity contribution < 1.29 is 12.8 Å². The Labute approximate surface area is 142 Å². The number of hydrogen-bond acceptors (Lipinski definition) is 4. The molecule has 0 radical (unpaired) electrons. The van der Waals surface area contributed by atoms with Crippen LogP contribution in [-0.2, 0) is 10.0 Å². The molecule has 4 nitrogen and oxygen atoms in total. The molecule has 1 aromatic rings. The Morgan fingerprint density at radius 1 is 1.57 bits per heavy atom. The molecule has 0 aliphatic carbocycles. The van der Waals surface area contributed by atoms with Gasteiger partial charge in [0.1, 0.15) is 4.90 Å². The fourth-order valence-electron chi connectivity index (χ4n) is 1.81. The van der Waals surface area contributed by atoms with E-state index in [1.165, 1.54) is 23.1 Å². The van der Waals surface area contributed by atoms with Crippen molar-refractivity contribution in [1.29, 1.82) is 0 Å². The minimum absolute atomic E-state index is 0.0544. The van der Waals surface area contributed by atoms with Gasteiger partial charge in [0, 0.05) is 18.8 Å². The Hall–Kier alpha value is -0.0200. The summed E-state index contributed by atoms with van der Waals surface area (Å²) in [5.74, 6) is -0.370. The van der Waals surface area contributed by atoms with Gasteiger partial charge >= 0.3 is 0 Å². The molecule has 0 saturated carbocycles. The number of nitrogens with zero attached hydrogens (tertiary/aromatic N) is 1. The number of benzene rings is 1. The number of nitrogens with two attached hydrogens (primary N) is 1. The number of halogens is 3. The maximum atomic E-state index is 14.2. The SMILES string of the molecule is CCC(CSC)N(C)S(=O)(=O)c1cc(Cl)c(Br)c(N)c1F. The molecule has 1 aromatic carbocycles. The number of sulfonamides is 1. The highest BCUT2D eigenvalue weighted by atomic mass is 79.9. The predicted octanol–water partition coefficient (Wildman–Crippen LogP) is 3.59. The van der Waals surface area contributed by atoms with Crippen molar-refractivity contribution in [2.75, 3.05) is 24.8 Å². The molecule has 0 spiro atoms. The average Bonchev–Trinajstić information content (AvgIpc) is 2.45. The molecule has 1 rings (SSSR count). The Bertz CT molecular complexity index is 628. The summed E-state index contributed by atoms with van der Waals surface area (Å²) in [7, 11) is -2.57. The largest absolute Gasteiger partial charge is 0.395 e. The molecule has 0 aliphatic rings. The molecule has 0 amide bonds. The Morgan fingerprint density at radius 3 is 2.62 bits per heavy atom. The third-order valence-corrected chi connectivity index (χ3v) is 7.17. The summed E-state index contributed by atoms with van der Waals surface area (Å²) in [5.41, 5.74) is 5.24. The van der Waals surface area contributed by atoms with Crippen LogP contribution in [0, 0.1) is 5.82 Å². The molecule has 0 bridgehead atoms. The fraction of sp³-hybridized carbons (Fsp3) is 0.500. The number of rotatable bonds is 6. The van der Waals surface area contributed by atoms with Crippen molar-refractivity contribution in [3.63, 3.8) is 0 Å². The van der Waals surface area contributed by atoms with E-state index in [0.717, 1.165) is 6.07 Å². The number of hydrogen-bond donors (Lipinski definition) is 1. The van der Waals surface area contributed by atoms with Gasteiger partial charge in [-0.3, -0.25) is 0 Å². The van der Waals surface area contributed by atoms with Gasteiger partial charge < -0.3 is 5.73 Å². The molecule has 2 N–H and O–H groups in total. The maximum absolute atomic E-state index is 14.2. The molecule has 1 atom stereocenters. The molecule has 0 aromatic heterocycles. The third kappa shape index (κ3) is 3.85. The second kappa shape index (κ2) is 7.50. The summed E-state index contributed by atoms with van der Waals surface area (Å²) in [6, 6.07) is 0.850. The van der Waals surface area contributed by atoms with Crippen molar-refractivity contribution in [3.05, 3.63) is 21.4 Å². The lowest BCUT2D eigenvalue weighted by Crippen LogP contribution is -2.38. The van der Waals surface area contributed by atoms with Crippen LogP contribution in [0.25, 0.3) is 0 Å². The maximum Gasteiger partial charge on any atom is 0.246 e. The fourth-order valence-corrected chi connectivity index (χ4v) is 4.84. The second-order valence-electron chi connectivity index (χ2n) is 4.44. The third-order valence-electron chi connectivity index (χ3n) is 3.16. The van der Waals surface area contributed by atoms with E-state index < -0.39 is 20.7 Å². The zero-order valence-electron chi connectivity index (χ0n) is 11.9. The highest BCUT2D eigenvalue weighted by Gasteiger charge is 2.31. The minimum atomic E-state index is -4.01. The monoisotopic (exact) mass is 418 g/mol. The van der Waals surface area contributed by atoms with E-state index in [2.05, 4.69) is 15.9 Å². The molecule has 9 heteroatoms. The summed E-state index contributed by atoms with van der Waals surface area (Å²) < 4.78 is 40.7. The summed E-state index contributed by atoms with van der Waals surface area (Å²) in [5, 5.41) is 0.0544. The first-order valence-electron chi connectivity index (χ1n) is 6.08. The second-order valence-corrected chi connectivity index (χ2v) is 8.51. The van der Waals surface area contributed by atoms with Gasteiger partial charge in [0.2, 0.25) is 10.0 Å². The van der Waals surface area contributed by atoms with E-state index >= 15 is 0 Å². The molecule has 1 unspecified atom stereocenters. The van der Waals surface area contributed by atoms with E-state index in [1.54, 1.807) is 0 Å². The van der Waals surface area contributed by atoms with Crippen LogP contribution in [0.4, 0.5) is 10.1 Å². The summed E-state index contributed by atoms with van der Waals surface area (Å²) in [6.45, 7) is 1.88. The van der Waals surface area contributed by atoms with Crippen molar-refractivity contribution in [2.45, 2.75) is 24.3 Å². The lowest BCUT2D eigenvalue weighted by atomic mass is 10.3. The van der Waals surface area contributed by atoms with Crippen molar-refractivity contribution in [1.82, 2.24) is 4.31 Å². The van der Waals surface area contributed by atoms with Crippen LogP contribution in [0.2, 0.25) is 5.02 Å². The van der Waals surface area contributed by atoms with Crippen LogP contribution in [0.15, 0.2) is 15.4 Å². The molecular formula is C12H17BrClFN2O2S2. The van der Waals surface area contributed by atoms with E-state index in [0.29, 0.717) is 12.2 Å². The standard InChI is InChI=1S/C12H17BrClFN2O2S2/c1-4-7(6-20-3)17(2)21(18,19)9-5-8(14)10(13)12(16)11(9)15/h5,7H,4,6,16H2,1-3H3. The highest BCUT2D eigenvalue weighted by molar-refractivity contribution is 9.10. The molecule has 0 saturated heterocycles. The van der Waals surface area contributed by atoms with E-state index in [4.69, 9.17) is 17.3 Å².